The van der Waals surface area contributed by atoms with Crippen molar-refractivity contribution in [3.63, 3.8) is 0 Å². The third-order valence-electron chi connectivity index (χ3n) is 12.0. The van der Waals surface area contributed by atoms with Crippen LogP contribution >= 0.6 is 0 Å². The van der Waals surface area contributed by atoms with E-state index in [1.165, 1.54) is 6.08 Å². The zero-order valence-electron chi connectivity index (χ0n) is 32.0. The van der Waals surface area contributed by atoms with E-state index in [4.69, 9.17) is 6.42 Å². The van der Waals surface area contributed by atoms with Gasteiger partial charge in [0.05, 0.1) is 22.1 Å². The highest BCUT2D eigenvalue weighted by molar-refractivity contribution is 7.92. The summed E-state index contributed by atoms with van der Waals surface area (Å²) < 4.78 is 25.9. The molecule has 0 aromatic heterocycles. The Hall–Kier alpha value is -4.18. The molecule has 294 valence electrons. The summed E-state index contributed by atoms with van der Waals surface area (Å²) in [4.78, 5) is 70.7. The molecule has 1 aromatic carbocycles. The molecule has 1 saturated heterocycles. The minimum Gasteiger partial charge on any atom is -0.346 e. The molecule has 5 rings (SSSR count). The second-order valence-corrected chi connectivity index (χ2v) is 19.4. The van der Waals surface area contributed by atoms with Crippen molar-refractivity contribution in [1.82, 2.24) is 26.2 Å². The number of carbonyl (C=O) groups is 5. The van der Waals surface area contributed by atoms with Gasteiger partial charge in [-0.3, -0.25) is 19.2 Å². The number of amides is 5. The zero-order valence-corrected chi connectivity index (χ0v) is 32.8. The smallest absolute Gasteiger partial charge is 0.315 e. The van der Waals surface area contributed by atoms with E-state index < -0.39 is 67.8 Å². The van der Waals surface area contributed by atoms with Crippen molar-refractivity contribution >= 4 is 39.4 Å². The molecule has 4 aliphatic rings. The molecule has 5 amide bonds. The van der Waals surface area contributed by atoms with Crippen LogP contribution in [0.5, 0.6) is 0 Å². The normalized spacial score (nSPS) is 23.2. The maximum Gasteiger partial charge on any atom is 0.315 e. The number of terminal acetylenes is 1. The molecule has 13 heteroatoms. The summed E-state index contributed by atoms with van der Waals surface area (Å²) >= 11 is 0. The van der Waals surface area contributed by atoms with Gasteiger partial charge in [0.25, 0.3) is 5.91 Å². The van der Waals surface area contributed by atoms with Gasteiger partial charge in [0.1, 0.15) is 12.1 Å². The van der Waals surface area contributed by atoms with Crippen LogP contribution in [0, 0.1) is 30.1 Å². The summed E-state index contributed by atoms with van der Waals surface area (Å²) in [7, 11) is -3.60. The zero-order chi connectivity index (χ0) is 39.3. The van der Waals surface area contributed by atoms with Crippen LogP contribution in [0.15, 0.2) is 36.9 Å². The number of hydrogen-bond acceptors (Lipinski definition) is 7. The molecule has 54 heavy (non-hydrogen) atoms. The van der Waals surface area contributed by atoms with E-state index in [1.807, 2.05) is 24.3 Å². The van der Waals surface area contributed by atoms with Gasteiger partial charge in [0.2, 0.25) is 17.6 Å². The number of nitrogens with one attached hydrogen (secondary N) is 4. The summed E-state index contributed by atoms with van der Waals surface area (Å²) in [6.07, 6.45) is 14.1. The number of fused-ring (bicyclic) bond motifs is 2. The fraction of sp³-hybridized carbons (Fsp3) is 0.634. The van der Waals surface area contributed by atoms with Crippen molar-refractivity contribution in [3.05, 3.63) is 48.0 Å². The van der Waals surface area contributed by atoms with Crippen LogP contribution in [0.25, 0.3) is 0 Å². The monoisotopic (exact) mass is 763 g/mol. The molecule has 1 unspecified atom stereocenters. The number of urea groups is 1. The number of rotatable bonds is 14. The van der Waals surface area contributed by atoms with Crippen LogP contribution in [0.2, 0.25) is 0 Å². The van der Waals surface area contributed by atoms with E-state index in [-0.39, 0.29) is 42.9 Å². The fourth-order valence-electron chi connectivity index (χ4n) is 8.95. The summed E-state index contributed by atoms with van der Waals surface area (Å²) in [5.41, 5.74) is 1.19. The first-order valence-electron chi connectivity index (χ1n) is 19.4. The average Bonchev–Trinajstić information content (AvgIpc) is 3.85. The fourth-order valence-corrected chi connectivity index (χ4v) is 10.5. The van der Waals surface area contributed by atoms with Crippen LogP contribution in [0.4, 0.5) is 4.79 Å². The van der Waals surface area contributed by atoms with Gasteiger partial charge in [-0.05, 0) is 94.6 Å². The average molecular weight is 764 g/mol. The number of likely N-dealkylation sites (tertiary alicyclic amines) is 1. The van der Waals surface area contributed by atoms with Gasteiger partial charge < -0.3 is 26.2 Å². The van der Waals surface area contributed by atoms with E-state index in [2.05, 4.69) is 33.8 Å². The summed E-state index contributed by atoms with van der Waals surface area (Å²) in [5, 5.41) is 11.3. The van der Waals surface area contributed by atoms with Crippen LogP contribution in [-0.4, -0.2) is 90.1 Å². The Labute approximate surface area is 320 Å². The Balaban J connectivity index is 1.42. The summed E-state index contributed by atoms with van der Waals surface area (Å²) in [5.74, 6) is -0.765. The molecule has 2 saturated carbocycles. The molecule has 12 nitrogen and oxygen atoms in total. The minimum absolute atomic E-state index is 0.0503. The third kappa shape index (κ3) is 9.19. The number of nitrogens with zero attached hydrogens (tertiary/aromatic N) is 1. The Morgan fingerprint density at radius 1 is 1.02 bits per heavy atom. The first-order chi connectivity index (χ1) is 25.6. The highest BCUT2D eigenvalue weighted by Gasteiger charge is 2.52. The molecule has 3 fully saturated rings. The number of Topliss-reactive ketones (excluding diaryl/α,β-unsaturated/α-hetero) is 1. The maximum atomic E-state index is 15.0. The minimum atomic E-state index is -3.60. The van der Waals surface area contributed by atoms with Crippen LogP contribution < -0.4 is 21.3 Å². The van der Waals surface area contributed by atoms with E-state index in [0.717, 1.165) is 43.2 Å². The van der Waals surface area contributed by atoms with Gasteiger partial charge in [-0.15, -0.1) is 18.9 Å². The molecular weight excluding hydrogens is 707 g/mol. The molecule has 3 aliphatic carbocycles. The summed E-state index contributed by atoms with van der Waals surface area (Å²) in [6, 6.07) is 4.18. The van der Waals surface area contributed by atoms with Crippen molar-refractivity contribution in [2.75, 3.05) is 18.8 Å². The second-order valence-electron chi connectivity index (χ2n) is 16.7. The number of hydrogen-bond donors (Lipinski definition) is 4. The van der Waals surface area contributed by atoms with Crippen LogP contribution in [-0.2, 0) is 41.9 Å². The molecule has 5 atom stereocenters. The first-order valence-corrected chi connectivity index (χ1v) is 21.1. The van der Waals surface area contributed by atoms with Crippen molar-refractivity contribution in [3.8, 4) is 12.3 Å². The lowest BCUT2D eigenvalue weighted by Crippen LogP contribution is -2.63. The molecule has 1 aromatic rings. The SMILES string of the molecule is C#CCCC(NC(=O)[C@@H]1[C@H]2CCC[C@H]2CN1C(=O)[C@@H](NC(=O)NC1(CS(=O)(=O)C(C)(C)C)CCCCC1)C1Cc2ccccc2C1)C(=O)C(=O)NCC=C. The predicted molar refractivity (Wildman–Crippen MR) is 207 cm³/mol. The third-order valence-corrected chi connectivity index (χ3v) is 14.8. The van der Waals surface area contributed by atoms with Gasteiger partial charge in [0, 0.05) is 19.5 Å². The highest BCUT2D eigenvalue weighted by atomic mass is 32.2. The Kier molecular flexibility index (Phi) is 13.0. The largest absolute Gasteiger partial charge is 0.346 e. The van der Waals surface area contributed by atoms with Crippen LogP contribution in [0.3, 0.4) is 0 Å². The number of sulfone groups is 1. The summed E-state index contributed by atoms with van der Waals surface area (Å²) in [6.45, 7) is 8.93. The van der Waals surface area contributed by atoms with Gasteiger partial charge in [-0.2, -0.15) is 0 Å². The topological polar surface area (TPSA) is 171 Å². The van der Waals surface area contributed by atoms with Crippen molar-refractivity contribution in [2.45, 2.75) is 126 Å². The number of carbonyl (C=O) groups excluding carboxylic acids is 5. The van der Waals surface area contributed by atoms with E-state index >= 15 is 0 Å². The molecule has 4 N–H and O–H groups in total. The molecular formula is C41H57N5O7S. The van der Waals surface area contributed by atoms with Gasteiger partial charge in [0.15, 0.2) is 9.84 Å². The lowest BCUT2D eigenvalue weighted by molar-refractivity contribution is -0.144. The van der Waals surface area contributed by atoms with Gasteiger partial charge >= 0.3 is 6.03 Å². The quantitative estimate of drug-likeness (QED) is 0.128. The molecule has 1 heterocycles. The van der Waals surface area contributed by atoms with Crippen molar-refractivity contribution in [2.24, 2.45) is 17.8 Å². The van der Waals surface area contributed by atoms with Crippen molar-refractivity contribution < 1.29 is 32.4 Å². The molecule has 1 aliphatic heterocycles. The van der Waals surface area contributed by atoms with E-state index in [9.17, 15) is 32.4 Å². The molecule has 0 radical (unpaired) electrons. The Morgan fingerprint density at radius 3 is 2.30 bits per heavy atom. The highest BCUT2D eigenvalue weighted by Crippen LogP contribution is 2.43. The van der Waals surface area contributed by atoms with Gasteiger partial charge in [-0.25, -0.2) is 13.2 Å². The Bertz CT molecular complexity index is 1730. The van der Waals surface area contributed by atoms with E-state index in [1.54, 1.807) is 25.7 Å². The lowest BCUT2D eigenvalue weighted by atomic mass is 9.83. The number of benzene rings is 1. The van der Waals surface area contributed by atoms with Crippen LogP contribution in [0.1, 0.15) is 96.1 Å². The maximum absolute atomic E-state index is 15.0. The lowest BCUT2D eigenvalue weighted by Gasteiger charge is -2.40. The Morgan fingerprint density at radius 2 is 1.69 bits per heavy atom. The molecule has 0 bridgehead atoms. The number of ketones is 1. The first kappa shape index (κ1) is 41.0. The van der Waals surface area contributed by atoms with E-state index in [0.29, 0.717) is 38.6 Å². The molecule has 0 spiro atoms. The van der Waals surface area contributed by atoms with Gasteiger partial charge in [-0.1, -0.05) is 56.0 Å². The standard InChI is InChI=1S/C41H57N5O7S/c1-6-8-19-32(35(47)37(49)42-22-7-2)43-36(48)34-31-18-14-17-29(31)25-46(34)38(50)33(30-23-27-15-10-11-16-28(27)24-30)44-39(51)45-41(20-12-9-13-21-41)26-54(52,53)40(3,4)5/h1,7,10-11,15-16,29-34H,2,8-9,12-14,17-26H2,3-5H3,(H,42,49)(H,43,48)(H2,44,45,51)/t29-,31-,32?,33-,34-/m0/s1. The van der Waals surface area contributed by atoms with Crippen molar-refractivity contribution in [1.29, 1.82) is 0 Å². The predicted octanol–water partition coefficient (Wildman–Crippen LogP) is 3.38. The second kappa shape index (κ2) is 17.1.